The first-order chi connectivity index (χ1) is 9.81. The summed E-state index contributed by atoms with van der Waals surface area (Å²) in [6.07, 6.45) is -3.59. The number of hydrogen-bond donors (Lipinski definition) is 2. The van der Waals surface area contributed by atoms with Gasteiger partial charge in [-0.15, -0.1) is 0 Å². The van der Waals surface area contributed by atoms with Crippen LogP contribution in [-0.2, 0) is 12.7 Å². The molecule has 0 aliphatic heterocycles. The maximum Gasteiger partial charge on any atom is 0.418 e. The maximum absolute atomic E-state index is 13.5. The highest BCUT2D eigenvalue weighted by atomic mass is 19.4. The molecule has 3 N–H and O–H groups in total. The van der Waals surface area contributed by atoms with E-state index in [1.165, 1.54) is 0 Å². The van der Waals surface area contributed by atoms with Gasteiger partial charge in [0.2, 0.25) is 0 Å². The van der Waals surface area contributed by atoms with E-state index in [1.54, 1.807) is 0 Å². The lowest BCUT2D eigenvalue weighted by molar-refractivity contribution is -0.137. The Hall–Kier alpha value is -2.22. The van der Waals surface area contributed by atoms with Crippen molar-refractivity contribution in [1.82, 2.24) is 4.98 Å². The van der Waals surface area contributed by atoms with Crippen molar-refractivity contribution in [2.45, 2.75) is 12.7 Å². The molecule has 0 spiro atoms. The van der Waals surface area contributed by atoms with Crippen molar-refractivity contribution in [2.24, 2.45) is 5.73 Å². The van der Waals surface area contributed by atoms with Gasteiger partial charge in [0.1, 0.15) is 11.6 Å². The predicted octanol–water partition coefficient (Wildman–Crippen LogP) is 3.58. The molecule has 0 atom stereocenters. The number of rotatable bonds is 3. The third kappa shape index (κ3) is 3.46. The van der Waals surface area contributed by atoms with Gasteiger partial charge in [-0.05, 0) is 18.2 Å². The molecule has 21 heavy (non-hydrogen) atoms. The van der Waals surface area contributed by atoms with Crippen LogP contribution in [0.1, 0.15) is 11.3 Å². The molecule has 8 heteroatoms. The second kappa shape index (κ2) is 5.65. The first-order valence-electron chi connectivity index (χ1n) is 5.79. The highest BCUT2D eigenvalue weighted by Crippen LogP contribution is 2.36. The molecule has 1 heterocycles. The second-order valence-electron chi connectivity index (χ2n) is 4.17. The lowest BCUT2D eigenvalue weighted by Crippen LogP contribution is -2.10. The van der Waals surface area contributed by atoms with Crippen LogP contribution in [0.4, 0.5) is 33.3 Å². The van der Waals surface area contributed by atoms with Crippen LogP contribution in [0.2, 0.25) is 0 Å². The fraction of sp³-hybridized carbons (Fsp3) is 0.154. The lowest BCUT2D eigenvalue weighted by atomic mass is 10.1. The third-order valence-electron chi connectivity index (χ3n) is 2.68. The van der Waals surface area contributed by atoms with Gasteiger partial charge in [0.05, 0.1) is 28.8 Å². The van der Waals surface area contributed by atoms with Crippen LogP contribution < -0.4 is 11.1 Å². The summed E-state index contributed by atoms with van der Waals surface area (Å²) in [4.78, 5) is 3.68. The summed E-state index contributed by atoms with van der Waals surface area (Å²) >= 11 is 0. The molecule has 1 aromatic carbocycles. The van der Waals surface area contributed by atoms with E-state index in [0.717, 1.165) is 24.4 Å². The summed E-state index contributed by atoms with van der Waals surface area (Å²) in [6, 6.07) is 3.13. The molecule has 112 valence electrons. The van der Waals surface area contributed by atoms with E-state index in [9.17, 15) is 22.0 Å². The second-order valence-corrected chi connectivity index (χ2v) is 4.17. The Morgan fingerprint density at radius 3 is 2.43 bits per heavy atom. The molecule has 0 aliphatic carbocycles. The van der Waals surface area contributed by atoms with Gasteiger partial charge in [-0.25, -0.2) is 8.78 Å². The number of benzene rings is 1. The molecule has 0 aliphatic rings. The minimum absolute atomic E-state index is 0.00167. The zero-order valence-electron chi connectivity index (χ0n) is 10.5. The van der Waals surface area contributed by atoms with Crippen molar-refractivity contribution in [3.05, 3.63) is 53.4 Å². The van der Waals surface area contributed by atoms with E-state index >= 15 is 0 Å². The smallest absolute Gasteiger partial charge is 0.354 e. The minimum Gasteiger partial charge on any atom is -0.354 e. The van der Waals surface area contributed by atoms with Gasteiger partial charge >= 0.3 is 6.18 Å². The topological polar surface area (TPSA) is 50.9 Å². The number of nitrogens with two attached hydrogens (primary N) is 1. The highest BCUT2D eigenvalue weighted by Gasteiger charge is 2.34. The van der Waals surface area contributed by atoms with Gasteiger partial charge in [-0.3, -0.25) is 4.98 Å². The number of alkyl halides is 3. The van der Waals surface area contributed by atoms with Crippen molar-refractivity contribution >= 4 is 11.4 Å². The SMILES string of the molecule is NCc1ncc(Nc2ccc(F)cc2C(F)(F)F)cc1F. The first-order valence-corrected chi connectivity index (χ1v) is 5.79. The molecule has 2 aromatic rings. The Morgan fingerprint density at radius 1 is 1.14 bits per heavy atom. The van der Waals surface area contributed by atoms with Crippen LogP contribution in [0.25, 0.3) is 0 Å². The summed E-state index contributed by atoms with van der Waals surface area (Å²) in [7, 11) is 0. The fourth-order valence-corrected chi connectivity index (χ4v) is 1.70. The Balaban J connectivity index is 2.38. The van der Waals surface area contributed by atoms with Gasteiger partial charge in [-0.1, -0.05) is 0 Å². The van der Waals surface area contributed by atoms with E-state index in [2.05, 4.69) is 10.3 Å². The minimum atomic E-state index is -4.74. The number of anilines is 2. The van der Waals surface area contributed by atoms with Crippen LogP contribution in [0, 0.1) is 11.6 Å². The van der Waals surface area contributed by atoms with E-state index in [-0.39, 0.29) is 17.9 Å². The first kappa shape index (κ1) is 15.2. The van der Waals surface area contributed by atoms with E-state index in [4.69, 9.17) is 5.73 Å². The Morgan fingerprint density at radius 2 is 1.86 bits per heavy atom. The van der Waals surface area contributed by atoms with Crippen molar-refractivity contribution in [3.8, 4) is 0 Å². The van der Waals surface area contributed by atoms with Gasteiger partial charge in [0.25, 0.3) is 0 Å². The average molecular weight is 303 g/mol. The normalized spacial score (nSPS) is 11.5. The van der Waals surface area contributed by atoms with Crippen LogP contribution >= 0.6 is 0 Å². The average Bonchev–Trinajstić information content (AvgIpc) is 2.40. The van der Waals surface area contributed by atoms with Crippen LogP contribution in [0.3, 0.4) is 0 Å². The van der Waals surface area contributed by atoms with Crippen molar-refractivity contribution in [3.63, 3.8) is 0 Å². The lowest BCUT2D eigenvalue weighted by Gasteiger charge is -2.14. The van der Waals surface area contributed by atoms with E-state index in [1.807, 2.05) is 0 Å². The number of nitrogens with one attached hydrogen (secondary N) is 1. The maximum atomic E-state index is 13.5. The molecule has 0 saturated carbocycles. The predicted molar refractivity (Wildman–Crippen MR) is 66.8 cm³/mol. The number of hydrogen-bond acceptors (Lipinski definition) is 3. The van der Waals surface area contributed by atoms with Gasteiger partial charge < -0.3 is 11.1 Å². The monoisotopic (exact) mass is 303 g/mol. The zero-order chi connectivity index (χ0) is 15.6. The van der Waals surface area contributed by atoms with Crippen LogP contribution in [0.15, 0.2) is 30.5 Å². The molecule has 0 unspecified atom stereocenters. The highest BCUT2D eigenvalue weighted by molar-refractivity contribution is 5.63. The quantitative estimate of drug-likeness (QED) is 0.852. The van der Waals surface area contributed by atoms with Crippen molar-refractivity contribution < 1.29 is 22.0 Å². The van der Waals surface area contributed by atoms with E-state index in [0.29, 0.717) is 6.07 Å². The number of nitrogens with zero attached hydrogens (tertiary/aromatic N) is 1. The Bertz CT molecular complexity index is 655. The number of pyridine rings is 1. The summed E-state index contributed by atoms with van der Waals surface area (Å²) in [5, 5.41) is 2.37. The molecule has 0 amide bonds. The molecule has 0 radical (unpaired) electrons. The summed E-state index contributed by atoms with van der Waals surface area (Å²) in [6.45, 7) is -0.129. The molecule has 1 aromatic heterocycles. The van der Waals surface area contributed by atoms with E-state index < -0.39 is 29.1 Å². The number of halogens is 5. The summed E-state index contributed by atoms with van der Waals surface area (Å²) in [5.41, 5.74) is 3.65. The molecule has 0 fully saturated rings. The van der Waals surface area contributed by atoms with Crippen molar-refractivity contribution in [2.75, 3.05) is 5.32 Å². The van der Waals surface area contributed by atoms with Gasteiger partial charge in [0, 0.05) is 12.6 Å². The molecule has 0 bridgehead atoms. The standard InChI is InChI=1S/C13H10F5N3/c14-7-1-2-11(9(3-7)13(16,17)18)21-8-4-10(15)12(5-19)20-6-8/h1-4,6,21H,5,19H2. The van der Waals surface area contributed by atoms with Gasteiger partial charge in [0.15, 0.2) is 0 Å². The van der Waals surface area contributed by atoms with Gasteiger partial charge in [-0.2, -0.15) is 13.2 Å². The Kier molecular flexibility index (Phi) is 4.08. The van der Waals surface area contributed by atoms with Crippen molar-refractivity contribution in [1.29, 1.82) is 0 Å². The largest absolute Gasteiger partial charge is 0.418 e. The summed E-state index contributed by atoms with van der Waals surface area (Å²) in [5.74, 6) is -1.76. The zero-order valence-corrected chi connectivity index (χ0v) is 10.5. The molecule has 2 rings (SSSR count). The summed E-state index contributed by atoms with van der Waals surface area (Å²) < 4.78 is 64.9. The molecule has 3 nitrogen and oxygen atoms in total. The van der Waals surface area contributed by atoms with Crippen LogP contribution in [0.5, 0.6) is 0 Å². The fourth-order valence-electron chi connectivity index (χ4n) is 1.70. The molecular weight excluding hydrogens is 293 g/mol. The molecular formula is C13H10F5N3. The number of aromatic nitrogens is 1. The third-order valence-corrected chi connectivity index (χ3v) is 2.68. The molecule has 0 saturated heterocycles. The Labute approximate surface area is 116 Å². The van der Waals surface area contributed by atoms with Crippen LogP contribution in [-0.4, -0.2) is 4.98 Å².